The maximum Gasteiger partial charge on any atom is 0.157 e. The first-order chi connectivity index (χ1) is 8.93. The molecule has 3 nitrogen and oxygen atoms in total. The van der Waals surface area contributed by atoms with Gasteiger partial charge in [0.15, 0.2) is 6.29 Å². The van der Waals surface area contributed by atoms with E-state index in [2.05, 4.69) is 16.7 Å². The van der Waals surface area contributed by atoms with Crippen molar-refractivity contribution in [3.05, 3.63) is 0 Å². The van der Waals surface area contributed by atoms with Crippen LogP contribution in [0.1, 0.15) is 38.5 Å². The first-order valence-corrected chi connectivity index (χ1v) is 8.57. The Balaban J connectivity index is 1.39. The van der Waals surface area contributed by atoms with Gasteiger partial charge in [-0.2, -0.15) is 11.8 Å². The number of hydrogen-bond acceptors (Lipinski definition) is 4. The Morgan fingerprint density at radius 1 is 1.17 bits per heavy atom. The minimum absolute atomic E-state index is 0.0808. The summed E-state index contributed by atoms with van der Waals surface area (Å²) in [4.78, 5) is 2.66. The molecule has 104 valence electrons. The Morgan fingerprint density at radius 2 is 2.17 bits per heavy atom. The van der Waals surface area contributed by atoms with Crippen molar-refractivity contribution in [3.63, 3.8) is 0 Å². The molecular formula is C14H25NO2S. The van der Waals surface area contributed by atoms with Gasteiger partial charge in [-0.3, -0.25) is 4.90 Å². The topological polar surface area (TPSA) is 21.7 Å². The Bertz CT molecular complexity index is 258. The van der Waals surface area contributed by atoms with Crippen molar-refractivity contribution in [1.29, 1.82) is 0 Å². The second-order valence-corrected chi connectivity index (χ2v) is 6.96. The van der Waals surface area contributed by atoms with Crippen molar-refractivity contribution in [2.45, 2.75) is 56.1 Å². The molecule has 3 atom stereocenters. The van der Waals surface area contributed by atoms with Crippen LogP contribution in [0.3, 0.4) is 0 Å². The third-order valence-electron chi connectivity index (χ3n) is 4.42. The number of rotatable bonds is 4. The van der Waals surface area contributed by atoms with Gasteiger partial charge in [0.2, 0.25) is 0 Å². The standard InChI is InChI=1S/C14H25NO2S/c1-2-9-16-14(6-1)17-10-7-15-8-11-18-13-5-3-4-12(13)15/h12-14H,1-11H2/t12-,13-,14-/m0/s1. The zero-order valence-electron chi connectivity index (χ0n) is 11.2. The predicted molar refractivity (Wildman–Crippen MR) is 75.0 cm³/mol. The fourth-order valence-corrected chi connectivity index (χ4v) is 4.93. The average Bonchev–Trinajstić information content (AvgIpc) is 2.89. The molecule has 0 aromatic carbocycles. The average molecular weight is 271 g/mol. The van der Waals surface area contributed by atoms with E-state index in [0.29, 0.717) is 0 Å². The summed E-state index contributed by atoms with van der Waals surface area (Å²) in [5.41, 5.74) is 0. The van der Waals surface area contributed by atoms with Crippen LogP contribution in [0.5, 0.6) is 0 Å². The normalized spacial score (nSPS) is 37.7. The monoisotopic (exact) mass is 271 g/mol. The van der Waals surface area contributed by atoms with Crippen molar-refractivity contribution in [2.75, 3.05) is 32.1 Å². The molecule has 0 unspecified atom stereocenters. The van der Waals surface area contributed by atoms with E-state index in [1.807, 2.05) is 0 Å². The minimum atomic E-state index is 0.0808. The van der Waals surface area contributed by atoms with Crippen LogP contribution >= 0.6 is 11.8 Å². The van der Waals surface area contributed by atoms with Crippen LogP contribution < -0.4 is 0 Å². The van der Waals surface area contributed by atoms with Crippen LogP contribution in [-0.2, 0) is 9.47 Å². The van der Waals surface area contributed by atoms with Crippen molar-refractivity contribution in [3.8, 4) is 0 Å². The fourth-order valence-electron chi connectivity index (χ4n) is 3.43. The Hall–Kier alpha value is 0.230. The van der Waals surface area contributed by atoms with E-state index in [-0.39, 0.29) is 6.29 Å². The lowest BCUT2D eigenvalue weighted by Gasteiger charge is -2.37. The molecule has 0 radical (unpaired) electrons. The molecule has 18 heavy (non-hydrogen) atoms. The molecule has 2 heterocycles. The number of fused-ring (bicyclic) bond motifs is 1. The van der Waals surface area contributed by atoms with Gasteiger partial charge in [0.05, 0.1) is 6.61 Å². The number of thioether (sulfide) groups is 1. The van der Waals surface area contributed by atoms with Gasteiger partial charge in [-0.05, 0) is 32.1 Å². The Kier molecular flexibility index (Phi) is 4.85. The highest BCUT2D eigenvalue weighted by Gasteiger charge is 2.35. The molecule has 0 aromatic rings. The molecule has 1 saturated carbocycles. The van der Waals surface area contributed by atoms with Crippen LogP contribution in [-0.4, -0.2) is 54.5 Å². The third kappa shape index (κ3) is 3.21. The van der Waals surface area contributed by atoms with Gasteiger partial charge in [0, 0.05) is 36.7 Å². The Morgan fingerprint density at radius 3 is 3.06 bits per heavy atom. The summed E-state index contributed by atoms with van der Waals surface area (Å²) in [6, 6.07) is 0.833. The summed E-state index contributed by atoms with van der Waals surface area (Å²) in [6.45, 7) is 4.08. The predicted octanol–water partition coefficient (Wildman–Crippen LogP) is 2.50. The molecule has 3 rings (SSSR count). The molecule has 0 bridgehead atoms. The van der Waals surface area contributed by atoms with E-state index in [1.165, 1.54) is 44.4 Å². The summed E-state index contributed by atoms with van der Waals surface area (Å²) in [5, 5.41) is 0.907. The highest BCUT2D eigenvalue weighted by molar-refractivity contribution is 8.00. The van der Waals surface area contributed by atoms with Gasteiger partial charge in [-0.15, -0.1) is 0 Å². The number of nitrogens with zero attached hydrogens (tertiary/aromatic N) is 1. The van der Waals surface area contributed by atoms with Crippen LogP contribution in [0.25, 0.3) is 0 Å². The lowest BCUT2D eigenvalue weighted by molar-refractivity contribution is -0.164. The van der Waals surface area contributed by atoms with Crippen molar-refractivity contribution in [2.24, 2.45) is 0 Å². The van der Waals surface area contributed by atoms with Gasteiger partial charge in [0.1, 0.15) is 0 Å². The van der Waals surface area contributed by atoms with Gasteiger partial charge in [-0.1, -0.05) is 6.42 Å². The summed E-state index contributed by atoms with van der Waals surface area (Å²) >= 11 is 2.19. The molecule has 0 spiro atoms. The first-order valence-electron chi connectivity index (χ1n) is 7.52. The van der Waals surface area contributed by atoms with E-state index in [9.17, 15) is 0 Å². The highest BCUT2D eigenvalue weighted by Crippen LogP contribution is 2.36. The van der Waals surface area contributed by atoms with E-state index >= 15 is 0 Å². The minimum Gasteiger partial charge on any atom is -0.353 e. The summed E-state index contributed by atoms with van der Waals surface area (Å²) < 4.78 is 11.5. The zero-order valence-corrected chi connectivity index (χ0v) is 12.0. The van der Waals surface area contributed by atoms with Crippen LogP contribution in [0, 0.1) is 0 Å². The largest absolute Gasteiger partial charge is 0.353 e. The van der Waals surface area contributed by atoms with E-state index < -0.39 is 0 Å². The van der Waals surface area contributed by atoms with Gasteiger partial charge in [-0.25, -0.2) is 0 Å². The lowest BCUT2D eigenvalue weighted by Crippen LogP contribution is -2.46. The molecule has 4 heteroatoms. The molecule has 0 aromatic heterocycles. The van der Waals surface area contributed by atoms with Gasteiger partial charge >= 0.3 is 0 Å². The second-order valence-electron chi connectivity index (χ2n) is 5.61. The third-order valence-corrected chi connectivity index (χ3v) is 5.81. The van der Waals surface area contributed by atoms with Crippen molar-refractivity contribution >= 4 is 11.8 Å². The molecule has 2 saturated heterocycles. The molecule has 0 amide bonds. The molecule has 0 N–H and O–H groups in total. The number of hydrogen-bond donors (Lipinski definition) is 0. The maximum absolute atomic E-state index is 5.86. The smallest absolute Gasteiger partial charge is 0.157 e. The van der Waals surface area contributed by atoms with E-state index in [4.69, 9.17) is 9.47 Å². The molecule has 1 aliphatic carbocycles. The number of ether oxygens (including phenoxy) is 2. The van der Waals surface area contributed by atoms with Crippen LogP contribution in [0.15, 0.2) is 0 Å². The van der Waals surface area contributed by atoms with Crippen LogP contribution in [0.2, 0.25) is 0 Å². The molecule has 3 aliphatic rings. The van der Waals surface area contributed by atoms with Gasteiger partial charge < -0.3 is 9.47 Å². The highest BCUT2D eigenvalue weighted by atomic mass is 32.2. The summed E-state index contributed by atoms with van der Waals surface area (Å²) in [7, 11) is 0. The SMILES string of the molecule is C1CC[C@H](OCCN2CCS[C@H]3CCC[C@@H]32)OC1. The summed E-state index contributed by atoms with van der Waals surface area (Å²) in [5.74, 6) is 1.31. The van der Waals surface area contributed by atoms with Crippen molar-refractivity contribution < 1.29 is 9.47 Å². The molecular weight excluding hydrogens is 246 g/mol. The summed E-state index contributed by atoms with van der Waals surface area (Å²) in [6.07, 6.45) is 7.88. The fraction of sp³-hybridized carbons (Fsp3) is 1.00. The Labute approximate surface area is 115 Å². The zero-order chi connectivity index (χ0) is 12.2. The lowest BCUT2D eigenvalue weighted by atomic mass is 10.2. The second kappa shape index (κ2) is 6.60. The van der Waals surface area contributed by atoms with Crippen LogP contribution in [0.4, 0.5) is 0 Å². The maximum atomic E-state index is 5.86. The van der Waals surface area contributed by atoms with E-state index in [1.54, 1.807) is 0 Å². The molecule has 2 aliphatic heterocycles. The first kappa shape index (κ1) is 13.2. The van der Waals surface area contributed by atoms with E-state index in [0.717, 1.165) is 37.5 Å². The quantitative estimate of drug-likeness (QED) is 0.783. The van der Waals surface area contributed by atoms with Crippen molar-refractivity contribution in [1.82, 2.24) is 4.90 Å². The molecule has 3 fully saturated rings. The van der Waals surface area contributed by atoms with Gasteiger partial charge in [0.25, 0.3) is 0 Å².